The molecule has 1 aliphatic heterocycles. The van der Waals surface area contributed by atoms with Gasteiger partial charge in [0.05, 0.1) is 6.67 Å². The third-order valence-corrected chi connectivity index (χ3v) is 5.35. The van der Waals surface area contributed by atoms with Crippen LogP contribution >= 0.6 is 0 Å². The third-order valence-electron chi connectivity index (χ3n) is 5.35. The SMILES string of the molecule is O=C(CC1CCCCC1)N(CN1CCCCC1)c1ccccc1. The lowest BCUT2D eigenvalue weighted by Crippen LogP contribution is -2.44. The van der Waals surface area contributed by atoms with E-state index in [9.17, 15) is 4.79 Å². The molecule has 1 amide bonds. The highest BCUT2D eigenvalue weighted by Crippen LogP contribution is 2.28. The Hall–Kier alpha value is -1.35. The average molecular weight is 314 g/mol. The van der Waals surface area contributed by atoms with Crippen LogP contribution in [0.4, 0.5) is 5.69 Å². The molecule has 0 bridgehead atoms. The van der Waals surface area contributed by atoms with E-state index in [1.165, 1.54) is 51.4 Å². The van der Waals surface area contributed by atoms with Crippen molar-refractivity contribution in [1.82, 2.24) is 4.90 Å². The molecule has 2 aliphatic rings. The monoisotopic (exact) mass is 314 g/mol. The Kier molecular flexibility index (Phi) is 6.09. The average Bonchev–Trinajstić information content (AvgIpc) is 2.62. The summed E-state index contributed by atoms with van der Waals surface area (Å²) in [5.41, 5.74) is 1.05. The fourth-order valence-corrected chi connectivity index (χ4v) is 3.96. The zero-order valence-electron chi connectivity index (χ0n) is 14.3. The number of carbonyl (C=O) groups is 1. The zero-order valence-corrected chi connectivity index (χ0v) is 14.3. The maximum Gasteiger partial charge on any atom is 0.228 e. The van der Waals surface area contributed by atoms with Gasteiger partial charge in [-0.05, 0) is 56.8 Å². The smallest absolute Gasteiger partial charge is 0.228 e. The predicted molar refractivity (Wildman–Crippen MR) is 95.4 cm³/mol. The molecule has 1 saturated carbocycles. The topological polar surface area (TPSA) is 23.6 Å². The molecule has 0 radical (unpaired) electrons. The first-order chi connectivity index (χ1) is 11.3. The van der Waals surface area contributed by atoms with E-state index >= 15 is 0 Å². The second kappa shape index (κ2) is 8.49. The number of likely N-dealkylation sites (tertiary alicyclic amines) is 1. The molecule has 1 aliphatic carbocycles. The molecule has 0 atom stereocenters. The second-order valence-electron chi connectivity index (χ2n) is 7.19. The van der Waals surface area contributed by atoms with Gasteiger partial charge in [-0.15, -0.1) is 0 Å². The van der Waals surface area contributed by atoms with Crippen molar-refractivity contribution in [1.29, 1.82) is 0 Å². The van der Waals surface area contributed by atoms with Gasteiger partial charge in [0.2, 0.25) is 5.91 Å². The first-order valence-electron chi connectivity index (χ1n) is 9.41. The van der Waals surface area contributed by atoms with Crippen LogP contribution in [-0.4, -0.2) is 30.6 Å². The number of amides is 1. The van der Waals surface area contributed by atoms with Gasteiger partial charge in [0.15, 0.2) is 0 Å². The summed E-state index contributed by atoms with van der Waals surface area (Å²) in [4.78, 5) is 17.5. The molecule has 126 valence electrons. The maximum atomic E-state index is 13.0. The number of hydrogen-bond donors (Lipinski definition) is 0. The van der Waals surface area contributed by atoms with Gasteiger partial charge in [-0.25, -0.2) is 0 Å². The van der Waals surface area contributed by atoms with Crippen molar-refractivity contribution in [3.05, 3.63) is 30.3 Å². The normalized spacial score (nSPS) is 20.3. The van der Waals surface area contributed by atoms with E-state index in [2.05, 4.69) is 17.0 Å². The van der Waals surface area contributed by atoms with E-state index in [0.29, 0.717) is 11.8 Å². The quantitative estimate of drug-likeness (QED) is 0.802. The highest BCUT2D eigenvalue weighted by atomic mass is 16.2. The molecular weight excluding hydrogens is 284 g/mol. The van der Waals surface area contributed by atoms with E-state index in [0.717, 1.165) is 31.9 Å². The highest BCUT2D eigenvalue weighted by Gasteiger charge is 2.24. The van der Waals surface area contributed by atoms with Crippen LogP contribution in [0.3, 0.4) is 0 Å². The summed E-state index contributed by atoms with van der Waals surface area (Å²) in [6, 6.07) is 10.2. The molecule has 23 heavy (non-hydrogen) atoms. The van der Waals surface area contributed by atoms with Crippen LogP contribution in [0.2, 0.25) is 0 Å². The standard InChI is InChI=1S/C20H30N2O/c23-20(16-18-10-4-1-5-11-18)22(19-12-6-2-7-13-19)17-21-14-8-3-9-15-21/h2,6-7,12-13,18H,1,3-5,8-11,14-17H2. The minimum absolute atomic E-state index is 0.314. The fraction of sp³-hybridized carbons (Fsp3) is 0.650. The number of nitrogens with zero attached hydrogens (tertiary/aromatic N) is 2. The number of piperidine rings is 1. The van der Waals surface area contributed by atoms with Gasteiger partial charge in [-0.1, -0.05) is 43.9 Å². The summed E-state index contributed by atoms with van der Waals surface area (Å²) < 4.78 is 0. The first-order valence-corrected chi connectivity index (χ1v) is 9.41. The van der Waals surface area contributed by atoms with Gasteiger partial charge in [0, 0.05) is 12.1 Å². The van der Waals surface area contributed by atoms with Gasteiger partial charge >= 0.3 is 0 Å². The van der Waals surface area contributed by atoms with Crippen molar-refractivity contribution in [2.75, 3.05) is 24.7 Å². The number of para-hydroxylation sites is 1. The Morgan fingerprint density at radius 2 is 1.61 bits per heavy atom. The molecule has 1 aromatic rings. The molecule has 2 fully saturated rings. The Balaban J connectivity index is 1.67. The Bertz CT molecular complexity index is 476. The van der Waals surface area contributed by atoms with Crippen molar-refractivity contribution in [2.45, 2.75) is 57.8 Å². The molecule has 0 aromatic heterocycles. The van der Waals surface area contributed by atoms with Crippen molar-refractivity contribution in [3.8, 4) is 0 Å². The molecule has 3 nitrogen and oxygen atoms in total. The Morgan fingerprint density at radius 1 is 0.957 bits per heavy atom. The van der Waals surface area contributed by atoms with Gasteiger partial charge in [-0.2, -0.15) is 0 Å². The van der Waals surface area contributed by atoms with E-state index < -0.39 is 0 Å². The number of rotatable bonds is 5. The summed E-state index contributed by atoms with van der Waals surface area (Å²) >= 11 is 0. The highest BCUT2D eigenvalue weighted by molar-refractivity contribution is 5.93. The van der Waals surface area contributed by atoms with Crippen LogP contribution < -0.4 is 4.90 Å². The van der Waals surface area contributed by atoms with Gasteiger partial charge in [0.1, 0.15) is 0 Å². The Labute approximate surface area is 140 Å². The number of carbonyl (C=O) groups excluding carboxylic acids is 1. The van der Waals surface area contributed by atoms with Crippen LogP contribution in [0.25, 0.3) is 0 Å². The number of benzene rings is 1. The number of hydrogen-bond acceptors (Lipinski definition) is 2. The largest absolute Gasteiger partial charge is 0.299 e. The predicted octanol–water partition coefficient (Wildman–Crippen LogP) is 4.43. The lowest BCUT2D eigenvalue weighted by Gasteiger charge is -2.34. The first kappa shape index (κ1) is 16.5. The van der Waals surface area contributed by atoms with E-state index in [-0.39, 0.29) is 0 Å². The zero-order chi connectivity index (χ0) is 15.9. The molecule has 3 rings (SSSR count). The van der Waals surface area contributed by atoms with E-state index in [1.807, 2.05) is 23.1 Å². The van der Waals surface area contributed by atoms with Crippen molar-refractivity contribution in [2.24, 2.45) is 5.92 Å². The van der Waals surface area contributed by atoms with Crippen LogP contribution in [0.15, 0.2) is 30.3 Å². The summed E-state index contributed by atoms with van der Waals surface area (Å²) in [6.07, 6.45) is 11.0. The molecule has 0 N–H and O–H groups in total. The summed E-state index contributed by atoms with van der Waals surface area (Å²) in [6.45, 7) is 3.01. The van der Waals surface area contributed by atoms with Crippen molar-refractivity contribution < 1.29 is 4.79 Å². The second-order valence-corrected chi connectivity index (χ2v) is 7.19. The van der Waals surface area contributed by atoms with Gasteiger partial charge in [-0.3, -0.25) is 14.6 Å². The van der Waals surface area contributed by atoms with Crippen LogP contribution in [-0.2, 0) is 4.79 Å². The lowest BCUT2D eigenvalue weighted by atomic mass is 9.86. The maximum absolute atomic E-state index is 13.0. The van der Waals surface area contributed by atoms with E-state index in [1.54, 1.807) is 0 Å². The van der Waals surface area contributed by atoms with Crippen molar-refractivity contribution in [3.63, 3.8) is 0 Å². The van der Waals surface area contributed by atoms with E-state index in [4.69, 9.17) is 0 Å². The lowest BCUT2D eigenvalue weighted by molar-refractivity contribution is -0.120. The van der Waals surface area contributed by atoms with Crippen LogP contribution in [0, 0.1) is 5.92 Å². The summed E-state index contributed by atoms with van der Waals surface area (Å²) in [5.74, 6) is 0.914. The summed E-state index contributed by atoms with van der Waals surface area (Å²) in [5, 5.41) is 0. The van der Waals surface area contributed by atoms with Crippen LogP contribution in [0.1, 0.15) is 57.8 Å². The molecule has 1 heterocycles. The minimum Gasteiger partial charge on any atom is -0.299 e. The fourth-order valence-electron chi connectivity index (χ4n) is 3.96. The third kappa shape index (κ3) is 4.81. The number of anilines is 1. The van der Waals surface area contributed by atoms with Crippen LogP contribution in [0.5, 0.6) is 0 Å². The molecular formula is C20H30N2O. The molecule has 0 unspecified atom stereocenters. The molecule has 1 aromatic carbocycles. The molecule has 3 heteroatoms. The summed E-state index contributed by atoms with van der Waals surface area (Å²) in [7, 11) is 0. The minimum atomic E-state index is 0.314. The molecule has 1 saturated heterocycles. The molecule has 0 spiro atoms. The van der Waals surface area contributed by atoms with Gasteiger partial charge < -0.3 is 0 Å². The Morgan fingerprint density at radius 3 is 2.30 bits per heavy atom. The van der Waals surface area contributed by atoms with Gasteiger partial charge in [0.25, 0.3) is 0 Å². The van der Waals surface area contributed by atoms with Crippen molar-refractivity contribution >= 4 is 11.6 Å².